The lowest BCUT2D eigenvalue weighted by Crippen LogP contribution is -2.12. The van der Waals surface area contributed by atoms with Crippen molar-refractivity contribution in [1.29, 1.82) is 0 Å². The monoisotopic (exact) mass is 281 g/mol. The maximum Gasteiger partial charge on any atom is 0.226 e. The standard InChI is InChI=1S/C13H16FN3OS/c1-9-12(13(18-2)17(16-9)8-7-15)19-11-5-3-10(14)4-6-11/h3-6H,7-8,15H2,1-2H3. The highest BCUT2D eigenvalue weighted by Crippen LogP contribution is 2.37. The molecule has 0 amide bonds. The Balaban J connectivity index is 2.31. The van der Waals surface area contributed by atoms with Crippen LogP contribution in [0.1, 0.15) is 5.69 Å². The first kappa shape index (κ1) is 13.9. The molecule has 4 nitrogen and oxygen atoms in total. The van der Waals surface area contributed by atoms with Crippen molar-refractivity contribution in [1.82, 2.24) is 9.78 Å². The fourth-order valence-electron chi connectivity index (χ4n) is 1.75. The zero-order valence-electron chi connectivity index (χ0n) is 10.9. The maximum absolute atomic E-state index is 12.9. The predicted molar refractivity (Wildman–Crippen MR) is 73.1 cm³/mol. The van der Waals surface area contributed by atoms with E-state index in [1.807, 2.05) is 6.92 Å². The first-order valence-corrected chi connectivity index (χ1v) is 6.72. The summed E-state index contributed by atoms with van der Waals surface area (Å²) in [5.41, 5.74) is 6.42. The highest BCUT2D eigenvalue weighted by atomic mass is 32.2. The molecule has 0 saturated carbocycles. The molecule has 2 N–H and O–H groups in total. The molecular weight excluding hydrogens is 265 g/mol. The summed E-state index contributed by atoms with van der Waals surface area (Å²) in [7, 11) is 1.61. The van der Waals surface area contributed by atoms with Crippen molar-refractivity contribution in [2.45, 2.75) is 23.3 Å². The number of rotatable bonds is 5. The van der Waals surface area contributed by atoms with Gasteiger partial charge < -0.3 is 10.5 Å². The van der Waals surface area contributed by atoms with Gasteiger partial charge in [-0.1, -0.05) is 11.8 Å². The molecule has 6 heteroatoms. The van der Waals surface area contributed by atoms with E-state index >= 15 is 0 Å². The van der Waals surface area contributed by atoms with E-state index in [0.29, 0.717) is 19.0 Å². The van der Waals surface area contributed by atoms with E-state index in [9.17, 15) is 4.39 Å². The van der Waals surface area contributed by atoms with Crippen LogP contribution in [0.5, 0.6) is 5.88 Å². The fourth-order valence-corrected chi connectivity index (χ4v) is 2.73. The second-order valence-corrected chi connectivity index (χ2v) is 5.08. The van der Waals surface area contributed by atoms with Crippen LogP contribution in [0.3, 0.4) is 0 Å². The first-order valence-electron chi connectivity index (χ1n) is 5.90. The highest BCUT2D eigenvalue weighted by molar-refractivity contribution is 7.99. The molecule has 1 aromatic heterocycles. The van der Waals surface area contributed by atoms with E-state index in [1.165, 1.54) is 23.9 Å². The van der Waals surface area contributed by atoms with Crippen LogP contribution in [0.25, 0.3) is 0 Å². The van der Waals surface area contributed by atoms with Gasteiger partial charge in [0.25, 0.3) is 0 Å². The van der Waals surface area contributed by atoms with Gasteiger partial charge in [-0.3, -0.25) is 0 Å². The van der Waals surface area contributed by atoms with Gasteiger partial charge in [-0.2, -0.15) is 5.10 Å². The minimum atomic E-state index is -0.244. The number of ether oxygens (including phenoxy) is 1. The van der Waals surface area contributed by atoms with E-state index in [2.05, 4.69) is 5.10 Å². The third-order valence-corrected chi connectivity index (χ3v) is 3.78. The van der Waals surface area contributed by atoms with E-state index in [4.69, 9.17) is 10.5 Å². The van der Waals surface area contributed by atoms with Gasteiger partial charge in [0.15, 0.2) is 0 Å². The molecule has 1 heterocycles. The molecular formula is C13H16FN3OS. The molecule has 0 unspecified atom stereocenters. The second-order valence-electron chi connectivity index (χ2n) is 3.99. The van der Waals surface area contributed by atoms with Crippen molar-refractivity contribution in [3.05, 3.63) is 35.8 Å². The lowest BCUT2D eigenvalue weighted by molar-refractivity contribution is 0.353. The quantitative estimate of drug-likeness (QED) is 0.914. The Morgan fingerprint density at radius 2 is 2.05 bits per heavy atom. The molecule has 0 spiro atoms. The molecule has 0 bridgehead atoms. The SMILES string of the molecule is COc1c(Sc2ccc(F)cc2)c(C)nn1CCN. The molecule has 0 aliphatic rings. The lowest BCUT2D eigenvalue weighted by atomic mass is 10.4. The summed E-state index contributed by atoms with van der Waals surface area (Å²) in [6, 6.07) is 6.35. The Morgan fingerprint density at radius 1 is 1.37 bits per heavy atom. The van der Waals surface area contributed by atoms with Gasteiger partial charge in [0.2, 0.25) is 5.88 Å². The van der Waals surface area contributed by atoms with E-state index in [1.54, 1.807) is 23.9 Å². The van der Waals surface area contributed by atoms with Crippen LogP contribution in [0, 0.1) is 12.7 Å². The Labute approximate surface area is 115 Å². The average Bonchev–Trinajstić information content (AvgIpc) is 2.69. The predicted octanol–water partition coefficient (Wildman–Crippen LogP) is 2.45. The maximum atomic E-state index is 12.9. The number of benzene rings is 1. The van der Waals surface area contributed by atoms with Crippen LogP contribution in [-0.2, 0) is 6.54 Å². The Morgan fingerprint density at radius 3 is 2.63 bits per heavy atom. The van der Waals surface area contributed by atoms with Crippen molar-refractivity contribution in [2.24, 2.45) is 5.73 Å². The molecule has 1 aromatic carbocycles. The molecule has 0 radical (unpaired) electrons. The Kier molecular flexibility index (Phi) is 4.44. The van der Waals surface area contributed by atoms with Crippen molar-refractivity contribution < 1.29 is 9.13 Å². The van der Waals surface area contributed by atoms with Crippen molar-refractivity contribution >= 4 is 11.8 Å². The smallest absolute Gasteiger partial charge is 0.226 e. The number of hydrogen-bond donors (Lipinski definition) is 1. The Hall–Kier alpha value is -1.53. The minimum Gasteiger partial charge on any atom is -0.480 e. The van der Waals surface area contributed by atoms with E-state index < -0.39 is 0 Å². The molecule has 102 valence electrons. The Bertz CT molecular complexity index is 554. The van der Waals surface area contributed by atoms with E-state index in [0.717, 1.165) is 15.5 Å². The van der Waals surface area contributed by atoms with E-state index in [-0.39, 0.29) is 5.82 Å². The van der Waals surface area contributed by atoms with Gasteiger partial charge in [-0.15, -0.1) is 0 Å². The number of aromatic nitrogens is 2. The van der Waals surface area contributed by atoms with Crippen molar-refractivity contribution in [2.75, 3.05) is 13.7 Å². The topological polar surface area (TPSA) is 53.1 Å². The molecule has 0 aliphatic heterocycles. The second kappa shape index (κ2) is 6.08. The average molecular weight is 281 g/mol. The largest absolute Gasteiger partial charge is 0.480 e. The van der Waals surface area contributed by atoms with Crippen molar-refractivity contribution in [3.8, 4) is 5.88 Å². The summed E-state index contributed by atoms with van der Waals surface area (Å²) < 4.78 is 20.0. The molecule has 2 aromatic rings. The fraction of sp³-hybridized carbons (Fsp3) is 0.308. The third-order valence-electron chi connectivity index (χ3n) is 2.60. The van der Waals surface area contributed by atoms with Crippen LogP contribution in [0.4, 0.5) is 4.39 Å². The zero-order valence-corrected chi connectivity index (χ0v) is 11.7. The van der Waals surface area contributed by atoms with Crippen LogP contribution in [0.15, 0.2) is 34.1 Å². The zero-order chi connectivity index (χ0) is 13.8. The van der Waals surface area contributed by atoms with Gasteiger partial charge in [0.1, 0.15) is 5.82 Å². The molecule has 0 atom stereocenters. The van der Waals surface area contributed by atoms with Gasteiger partial charge in [0, 0.05) is 11.4 Å². The van der Waals surface area contributed by atoms with Gasteiger partial charge in [-0.05, 0) is 31.2 Å². The van der Waals surface area contributed by atoms with Crippen LogP contribution < -0.4 is 10.5 Å². The van der Waals surface area contributed by atoms with Crippen LogP contribution >= 0.6 is 11.8 Å². The molecule has 0 aliphatic carbocycles. The third kappa shape index (κ3) is 3.08. The number of nitrogens with zero attached hydrogens (tertiary/aromatic N) is 2. The van der Waals surface area contributed by atoms with Crippen molar-refractivity contribution in [3.63, 3.8) is 0 Å². The van der Waals surface area contributed by atoms with Gasteiger partial charge in [-0.25, -0.2) is 9.07 Å². The molecule has 19 heavy (non-hydrogen) atoms. The summed E-state index contributed by atoms with van der Waals surface area (Å²) in [6.07, 6.45) is 0. The van der Waals surface area contributed by atoms with Crippen LogP contribution in [-0.4, -0.2) is 23.4 Å². The first-order chi connectivity index (χ1) is 9.15. The molecule has 2 rings (SSSR count). The summed E-state index contributed by atoms with van der Waals surface area (Å²) >= 11 is 1.50. The number of halogens is 1. The normalized spacial score (nSPS) is 10.7. The molecule has 0 fully saturated rings. The summed E-state index contributed by atoms with van der Waals surface area (Å²) in [6.45, 7) is 3.02. The number of hydrogen-bond acceptors (Lipinski definition) is 4. The number of aryl methyl sites for hydroxylation is 1. The number of methoxy groups -OCH3 is 1. The van der Waals surface area contributed by atoms with Crippen LogP contribution in [0.2, 0.25) is 0 Å². The number of nitrogens with two attached hydrogens (primary N) is 1. The summed E-state index contributed by atoms with van der Waals surface area (Å²) in [5, 5.41) is 4.40. The lowest BCUT2D eigenvalue weighted by Gasteiger charge is -2.06. The van der Waals surface area contributed by atoms with Gasteiger partial charge >= 0.3 is 0 Å². The summed E-state index contributed by atoms with van der Waals surface area (Å²) in [5.74, 6) is 0.448. The summed E-state index contributed by atoms with van der Waals surface area (Å²) in [4.78, 5) is 1.87. The molecule has 0 saturated heterocycles. The minimum absolute atomic E-state index is 0.244. The highest BCUT2D eigenvalue weighted by Gasteiger charge is 2.16. The van der Waals surface area contributed by atoms with Gasteiger partial charge in [0.05, 0.1) is 24.2 Å².